The minimum atomic E-state index is -0.468. The molecule has 1 aromatic carbocycles. The molecule has 0 amide bonds. The molecule has 0 radical (unpaired) electrons. The zero-order chi connectivity index (χ0) is 13.0. The minimum Gasteiger partial charge on any atom is -0.258 e. The summed E-state index contributed by atoms with van der Waals surface area (Å²) in [6, 6.07) is 3.58. The average molecular weight is 304 g/mol. The SMILES string of the molecule is CC(C)CC(Br)Cc1cc(F)ccc1[N+](=O)[O-]. The molecule has 1 rings (SSSR count). The fraction of sp³-hybridized carbons (Fsp3) is 0.500. The third-order valence-electron chi connectivity index (χ3n) is 2.41. The van der Waals surface area contributed by atoms with Gasteiger partial charge in [0, 0.05) is 16.5 Å². The number of rotatable bonds is 5. The van der Waals surface area contributed by atoms with Crippen molar-refractivity contribution in [2.75, 3.05) is 0 Å². The van der Waals surface area contributed by atoms with Crippen LogP contribution < -0.4 is 0 Å². The quantitative estimate of drug-likeness (QED) is 0.467. The van der Waals surface area contributed by atoms with Gasteiger partial charge in [0.05, 0.1) is 4.92 Å². The molecule has 17 heavy (non-hydrogen) atoms. The van der Waals surface area contributed by atoms with Crippen LogP contribution >= 0.6 is 15.9 Å². The van der Waals surface area contributed by atoms with Crippen molar-refractivity contribution in [2.24, 2.45) is 5.92 Å². The molecule has 0 fully saturated rings. The van der Waals surface area contributed by atoms with Crippen molar-refractivity contribution >= 4 is 21.6 Å². The van der Waals surface area contributed by atoms with Gasteiger partial charge < -0.3 is 0 Å². The fourth-order valence-electron chi connectivity index (χ4n) is 1.73. The highest BCUT2D eigenvalue weighted by molar-refractivity contribution is 9.09. The highest BCUT2D eigenvalue weighted by Crippen LogP contribution is 2.25. The number of hydrogen-bond donors (Lipinski definition) is 0. The maximum Gasteiger partial charge on any atom is 0.272 e. The van der Waals surface area contributed by atoms with E-state index >= 15 is 0 Å². The number of alkyl halides is 1. The predicted octanol–water partition coefficient (Wildman–Crippen LogP) is 4.09. The molecule has 0 aromatic heterocycles. The lowest BCUT2D eigenvalue weighted by Crippen LogP contribution is -2.08. The van der Waals surface area contributed by atoms with Crippen LogP contribution in [0.4, 0.5) is 10.1 Å². The Bertz CT molecular complexity index is 409. The molecule has 0 saturated carbocycles. The van der Waals surface area contributed by atoms with Crippen LogP contribution in [0.2, 0.25) is 0 Å². The largest absolute Gasteiger partial charge is 0.272 e. The van der Waals surface area contributed by atoms with Gasteiger partial charge in [-0.2, -0.15) is 0 Å². The van der Waals surface area contributed by atoms with Gasteiger partial charge in [-0.1, -0.05) is 29.8 Å². The van der Waals surface area contributed by atoms with Gasteiger partial charge in [0.2, 0.25) is 0 Å². The number of benzene rings is 1. The highest BCUT2D eigenvalue weighted by Gasteiger charge is 2.18. The molecule has 0 aliphatic rings. The van der Waals surface area contributed by atoms with Crippen molar-refractivity contribution in [3.05, 3.63) is 39.7 Å². The van der Waals surface area contributed by atoms with Gasteiger partial charge in [0.25, 0.3) is 5.69 Å². The normalized spacial score (nSPS) is 12.8. The molecule has 5 heteroatoms. The van der Waals surface area contributed by atoms with Crippen LogP contribution in [0.5, 0.6) is 0 Å². The second kappa shape index (κ2) is 6.10. The summed E-state index contributed by atoms with van der Waals surface area (Å²) >= 11 is 3.48. The van der Waals surface area contributed by atoms with Crippen molar-refractivity contribution in [3.8, 4) is 0 Å². The summed E-state index contributed by atoms with van der Waals surface area (Å²) in [5.74, 6) is 0.0573. The molecule has 0 spiro atoms. The van der Waals surface area contributed by atoms with Crippen LogP contribution in [0.25, 0.3) is 0 Å². The smallest absolute Gasteiger partial charge is 0.258 e. The number of nitrogens with zero attached hydrogens (tertiary/aromatic N) is 1. The number of hydrogen-bond acceptors (Lipinski definition) is 2. The molecule has 0 bridgehead atoms. The molecule has 0 aliphatic carbocycles. The average Bonchev–Trinajstić information content (AvgIpc) is 2.15. The Hall–Kier alpha value is -0.970. The van der Waals surface area contributed by atoms with Crippen LogP contribution in [-0.4, -0.2) is 9.75 Å². The zero-order valence-electron chi connectivity index (χ0n) is 9.82. The maximum absolute atomic E-state index is 13.1. The second-order valence-electron chi connectivity index (χ2n) is 4.46. The second-order valence-corrected chi connectivity index (χ2v) is 5.76. The van der Waals surface area contributed by atoms with Gasteiger partial charge in [-0.05, 0) is 30.9 Å². The first-order valence-corrected chi connectivity index (χ1v) is 6.38. The predicted molar refractivity (Wildman–Crippen MR) is 68.9 cm³/mol. The molecule has 1 aromatic rings. The molecule has 0 aliphatic heterocycles. The molecular formula is C12H15BrFNO2. The van der Waals surface area contributed by atoms with Gasteiger partial charge in [0.1, 0.15) is 5.82 Å². The van der Waals surface area contributed by atoms with Crippen LogP contribution in [0, 0.1) is 21.8 Å². The van der Waals surface area contributed by atoms with Gasteiger partial charge >= 0.3 is 0 Å². The first-order chi connectivity index (χ1) is 7.90. The number of nitro groups is 1. The summed E-state index contributed by atoms with van der Waals surface area (Å²) in [4.78, 5) is 10.5. The molecule has 94 valence electrons. The summed E-state index contributed by atoms with van der Waals surface area (Å²) < 4.78 is 13.1. The van der Waals surface area contributed by atoms with E-state index in [9.17, 15) is 14.5 Å². The summed E-state index contributed by atoms with van der Waals surface area (Å²) in [5.41, 5.74) is 0.428. The van der Waals surface area contributed by atoms with E-state index in [1.54, 1.807) is 0 Å². The summed E-state index contributed by atoms with van der Waals surface area (Å²) in [6.45, 7) is 4.16. The Kier molecular flexibility index (Phi) is 5.05. The monoisotopic (exact) mass is 303 g/mol. The first-order valence-electron chi connectivity index (χ1n) is 5.47. The number of halogens is 2. The summed E-state index contributed by atoms with van der Waals surface area (Å²) in [5, 5.41) is 10.8. The van der Waals surface area contributed by atoms with E-state index in [1.165, 1.54) is 12.1 Å². The van der Waals surface area contributed by atoms with E-state index < -0.39 is 10.7 Å². The van der Waals surface area contributed by atoms with Crippen molar-refractivity contribution < 1.29 is 9.31 Å². The summed E-state index contributed by atoms with van der Waals surface area (Å²) in [6.07, 6.45) is 1.36. The van der Waals surface area contributed by atoms with Gasteiger partial charge in [-0.3, -0.25) is 10.1 Å². The van der Waals surface area contributed by atoms with Crippen LogP contribution in [-0.2, 0) is 6.42 Å². The molecule has 3 nitrogen and oxygen atoms in total. The van der Waals surface area contributed by atoms with E-state index in [2.05, 4.69) is 29.8 Å². The topological polar surface area (TPSA) is 43.1 Å². The first kappa shape index (κ1) is 14.1. The van der Waals surface area contributed by atoms with Crippen LogP contribution in [0.1, 0.15) is 25.8 Å². The third kappa shape index (κ3) is 4.42. The van der Waals surface area contributed by atoms with Crippen LogP contribution in [0.15, 0.2) is 18.2 Å². The summed E-state index contributed by atoms with van der Waals surface area (Å²) in [7, 11) is 0. The molecular weight excluding hydrogens is 289 g/mol. The minimum absolute atomic E-state index is 0.0143. The third-order valence-corrected chi connectivity index (χ3v) is 3.10. The zero-order valence-corrected chi connectivity index (χ0v) is 11.4. The highest BCUT2D eigenvalue weighted by atomic mass is 79.9. The van der Waals surface area contributed by atoms with Gasteiger partial charge in [-0.15, -0.1) is 0 Å². The Balaban J connectivity index is 2.88. The van der Waals surface area contributed by atoms with Gasteiger partial charge in [-0.25, -0.2) is 4.39 Å². The Morgan fingerprint density at radius 3 is 2.65 bits per heavy atom. The van der Waals surface area contributed by atoms with E-state index in [-0.39, 0.29) is 10.5 Å². The van der Waals surface area contributed by atoms with Crippen molar-refractivity contribution in [1.29, 1.82) is 0 Å². The van der Waals surface area contributed by atoms with E-state index in [0.717, 1.165) is 12.5 Å². The maximum atomic E-state index is 13.1. The molecule has 1 unspecified atom stereocenters. The molecule has 1 atom stereocenters. The van der Waals surface area contributed by atoms with E-state index in [4.69, 9.17) is 0 Å². The molecule has 0 heterocycles. The lowest BCUT2D eigenvalue weighted by molar-refractivity contribution is -0.385. The standard InChI is InChI=1S/C12H15BrFNO2/c1-8(2)5-10(13)6-9-7-11(14)3-4-12(9)15(16)17/h3-4,7-8,10H,5-6H2,1-2H3. The van der Waals surface area contributed by atoms with Crippen molar-refractivity contribution in [2.45, 2.75) is 31.5 Å². The Morgan fingerprint density at radius 1 is 1.47 bits per heavy atom. The van der Waals surface area contributed by atoms with Crippen molar-refractivity contribution in [1.82, 2.24) is 0 Å². The fourth-order valence-corrected chi connectivity index (χ4v) is 2.83. The Labute approximate surface area is 108 Å². The van der Waals surface area contributed by atoms with Gasteiger partial charge in [0.15, 0.2) is 0 Å². The lowest BCUT2D eigenvalue weighted by atomic mass is 10.0. The molecule has 0 N–H and O–H groups in total. The van der Waals surface area contributed by atoms with E-state index in [0.29, 0.717) is 17.9 Å². The van der Waals surface area contributed by atoms with E-state index in [1.807, 2.05) is 0 Å². The van der Waals surface area contributed by atoms with Crippen LogP contribution in [0.3, 0.4) is 0 Å². The Morgan fingerprint density at radius 2 is 2.12 bits per heavy atom. The number of nitro benzene ring substituents is 1. The molecule has 0 saturated heterocycles. The lowest BCUT2D eigenvalue weighted by Gasteiger charge is -2.12. The van der Waals surface area contributed by atoms with Crippen molar-refractivity contribution in [3.63, 3.8) is 0 Å².